The lowest BCUT2D eigenvalue weighted by molar-refractivity contribution is 0.354. The minimum absolute atomic E-state index is 0.0772. The Balaban J connectivity index is 2.16. The molecule has 1 atom stereocenters. The molecule has 136 valence electrons. The van der Waals surface area contributed by atoms with Crippen LogP contribution in [-0.4, -0.2) is 24.4 Å². The summed E-state index contributed by atoms with van der Waals surface area (Å²) >= 11 is 0. The van der Waals surface area contributed by atoms with E-state index in [0.717, 1.165) is 36.1 Å². The minimum atomic E-state index is -0.367. The van der Waals surface area contributed by atoms with Gasteiger partial charge in [0.05, 0.1) is 20.1 Å². The summed E-state index contributed by atoms with van der Waals surface area (Å²) in [5, 5.41) is 17.0. The molecule has 1 aromatic carbocycles. The number of fused-ring (bicyclic) bond motifs is 1. The summed E-state index contributed by atoms with van der Waals surface area (Å²) in [4.78, 5) is 0. The van der Waals surface area contributed by atoms with E-state index < -0.39 is 0 Å². The summed E-state index contributed by atoms with van der Waals surface area (Å²) in [6.07, 6.45) is 2.89. The highest BCUT2D eigenvalue weighted by atomic mass is 16.5. The summed E-state index contributed by atoms with van der Waals surface area (Å²) in [5.74, 6) is 1.35. The minimum Gasteiger partial charge on any atom is -0.493 e. The normalized spacial score (nSPS) is 15.8. The van der Waals surface area contributed by atoms with Crippen molar-refractivity contribution in [3.05, 3.63) is 46.5 Å². The Kier molecular flexibility index (Phi) is 5.03. The Morgan fingerprint density at radius 1 is 1.31 bits per heavy atom. The van der Waals surface area contributed by atoms with Crippen LogP contribution in [0.5, 0.6) is 17.4 Å². The first kappa shape index (κ1) is 17.7. The SMILES string of the molecule is CCCCc1[nH]nc2c1C(c1ccc(OC)c(OC)c1)C(C#N)=C(N)O2. The van der Waals surface area contributed by atoms with E-state index in [1.807, 2.05) is 18.2 Å². The van der Waals surface area contributed by atoms with Crippen molar-refractivity contribution in [2.75, 3.05) is 14.2 Å². The fourth-order valence-corrected chi connectivity index (χ4v) is 3.22. The van der Waals surface area contributed by atoms with Crippen molar-refractivity contribution in [1.29, 1.82) is 5.26 Å². The molecule has 2 aromatic rings. The fourth-order valence-electron chi connectivity index (χ4n) is 3.22. The maximum atomic E-state index is 9.70. The van der Waals surface area contributed by atoms with Crippen molar-refractivity contribution < 1.29 is 14.2 Å². The lowest BCUT2D eigenvalue weighted by atomic mass is 9.83. The molecule has 2 heterocycles. The van der Waals surface area contributed by atoms with Gasteiger partial charge in [-0.2, -0.15) is 5.26 Å². The number of hydrogen-bond donors (Lipinski definition) is 2. The van der Waals surface area contributed by atoms with Gasteiger partial charge in [0.1, 0.15) is 11.6 Å². The van der Waals surface area contributed by atoms with Crippen molar-refractivity contribution >= 4 is 0 Å². The predicted molar refractivity (Wildman–Crippen MR) is 96.0 cm³/mol. The molecular formula is C19H22N4O3. The zero-order chi connectivity index (χ0) is 18.7. The van der Waals surface area contributed by atoms with Gasteiger partial charge < -0.3 is 19.9 Å². The maximum Gasteiger partial charge on any atom is 0.244 e. The topological polar surface area (TPSA) is 106 Å². The van der Waals surface area contributed by atoms with E-state index in [1.54, 1.807) is 14.2 Å². The molecule has 0 bridgehead atoms. The summed E-state index contributed by atoms with van der Waals surface area (Å²) < 4.78 is 16.3. The van der Waals surface area contributed by atoms with Gasteiger partial charge in [0, 0.05) is 11.3 Å². The van der Waals surface area contributed by atoms with Gasteiger partial charge >= 0.3 is 0 Å². The third kappa shape index (κ3) is 2.94. The van der Waals surface area contributed by atoms with Gasteiger partial charge in [0.25, 0.3) is 0 Å². The predicted octanol–water partition coefficient (Wildman–Crippen LogP) is 2.99. The molecule has 1 aromatic heterocycles. The van der Waals surface area contributed by atoms with Gasteiger partial charge in [-0.15, -0.1) is 5.10 Å². The Labute approximate surface area is 152 Å². The number of nitrogens with zero attached hydrogens (tertiary/aromatic N) is 2. The molecule has 26 heavy (non-hydrogen) atoms. The van der Waals surface area contributed by atoms with Crippen molar-refractivity contribution in [3.63, 3.8) is 0 Å². The number of H-pyrrole nitrogens is 1. The summed E-state index contributed by atoms with van der Waals surface area (Å²) in [6, 6.07) is 7.78. The Morgan fingerprint density at radius 3 is 2.73 bits per heavy atom. The van der Waals surface area contributed by atoms with E-state index in [-0.39, 0.29) is 11.8 Å². The van der Waals surface area contributed by atoms with E-state index in [0.29, 0.717) is 23.0 Å². The first-order valence-electron chi connectivity index (χ1n) is 8.51. The zero-order valence-corrected chi connectivity index (χ0v) is 15.1. The highest BCUT2D eigenvalue weighted by Crippen LogP contribution is 2.44. The molecule has 0 saturated carbocycles. The highest BCUT2D eigenvalue weighted by Gasteiger charge is 2.35. The van der Waals surface area contributed by atoms with Gasteiger partial charge in [0.2, 0.25) is 11.8 Å². The van der Waals surface area contributed by atoms with Crippen LogP contribution in [0.15, 0.2) is 29.7 Å². The molecule has 0 radical (unpaired) electrons. The van der Waals surface area contributed by atoms with Gasteiger partial charge in [-0.3, -0.25) is 5.10 Å². The molecule has 1 aliphatic heterocycles. The van der Waals surface area contributed by atoms with Crippen molar-refractivity contribution in [1.82, 2.24) is 10.2 Å². The lowest BCUT2D eigenvalue weighted by Gasteiger charge is -2.24. The van der Waals surface area contributed by atoms with Crippen LogP contribution in [0.25, 0.3) is 0 Å². The molecule has 0 aliphatic carbocycles. The molecular weight excluding hydrogens is 332 g/mol. The van der Waals surface area contributed by atoms with Crippen LogP contribution in [0.1, 0.15) is 42.5 Å². The number of rotatable bonds is 6. The number of nitrogens with two attached hydrogens (primary N) is 1. The number of benzene rings is 1. The number of hydrogen-bond acceptors (Lipinski definition) is 6. The average molecular weight is 354 g/mol. The van der Waals surface area contributed by atoms with Gasteiger partial charge in [0.15, 0.2) is 11.5 Å². The maximum absolute atomic E-state index is 9.70. The molecule has 3 N–H and O–H groups in total. The molecule has 0 spiro atoms. The number of aromatic amines is 1. The molecule has 0 fully saturated rings. The van der Waals surface area contributed by atoms with Crippen LogP contribution in [0, 0.1) is 11.3 Å². The number of nitriles is 1. The number of methoxy groups -OCH3 is 2. The molecule has 1 unspecified atom stereocenters. The highest BCUT2D eigenvalue weighted by molar-refractivity contribution is 5.57. The molecule has 0 amide bonds. The second-order valence-corrected chi connectivity index (χ2v) is 6.06. The van der Waals surface area contributed by atoms with Gasteiger partial charge in [-0.1, -0.05) is 19.4 Å². The van der Waals surface area contributed by atoms with E-state index >= 15 is 0 Å². The average Bonchev–Trinajstić information content (AvgIpc) is 3.06. The fraction of sp³-hybridized carbons (Fsp3) is 0.368. The molecule has 3 rings (SSSR count). The van der Waals surface area contributed by atoms with Crippen LogP contribution in [-0.2, 0) is 6.42 Å². The van der Waals surface area contributed by atoms with E-state index in [9.17, 15) is 5.26 Å². The molecule has 0 saturated heterocycles. The Hall–Kier alpha value is -3.14. The van der Waals surface area contributed by atoms with Crippen LogP contribution in [0.4, 0.5) is 0 Å². The summed E-state index contributed by atoms with van der Waals surface area (Å²) in [5.41, 5.74) is 9.04. The van der Waals surface area contributed by atoms with Crippen LogP contribution < -0.4 is 19.9 Å². The third-order valence-corrected chi connectivity index (χ3v) is 4.54. The van der Waals surface area contributed by atoms with Crippen molar-refractivity contribution in [3.8, 4) is 23.4 Å². The van der Waals surface area contributed by atoms with Gasteiger partial charge in [-0.25, -0.2) is 0 Å². The first-order chi connectivity index (χ1) is 12.6. The number of allylic oxidation sites excluding steroid dienone is 1. The molecule has 7 nitrogen and oxygen atoms in total. The number of aryl methyl sites for hydroxylation is 1. The number of nitrogens with one attached hydrogen (secondary N) is 1. The third-order valence-electron chi connectivity index (χ3n) is 4.54. The quantitative estimate of drug-likeness (QED) is 0.826. The van der Waals surface area contributed by atoms with E-state index in [4.69, 9.17) is 19.9 Å². The number of ether oxygens (including phenoxy) is 3. The largest absolute Gasteiger partial charge is 0.493 e. The second kappa shape index (κ2) is 7.40. The van der Waals surface area contributed by atoms with Gasteiger partial charge in [-0.05, 0) is 30.5 Å². The molecule has 7 heteroatoms. The monoisotopic (exact) mass is 354 g/mol. The Morgan fingerprint density at radius 2 is 2.08 bits per heavy atom. The number of unbranched alkanes of at least 4 members (excludes halogenated alkanes) is 1. The summed E-state index contributed by atoms with van der Waals surface area (Å²) in [6.45, 7) is 2.13. The van der Waals surface area contributed by atoms with Crippen LogP contribution in [0.3, 0.4) is 0 Å². The van der Waals surface area contributed by atoms with E-state index in [1.165, 1.54) is 0 Å². The second-order valence-electron chi connectivity index (χ2n) is 6.06. The zero-order valence-electron chi connectivity index (χ0n) is 15.1. The van der Waals surface area contributed by atoms with Crippen LogP contribution >= 0.6 is 0 Å². The lowest BCUT2D eigenvalue weighted by Crippen LogP contribution is -2.21. The molecule has 1 aliphatic rings. The van der Waals surface area contributed by atoms with E-state index in [2.05, 4.69) is 23.2 Å². The summed E-state index contributed by atoms with van der Waals surface area (Å²) in [7, 11) is 3.17. The van der Waals surface area contributed by atoms with Crippen molar-refractivity contribution in [2.45, 2.75) is 32.1 Å². The smallest absolute Gasteiger partial charge is 0.244 e. The number of aromatic nitrogens is 2. The Bertz CT molecular complexity index is 879. The standard InChI is InChI=1S/C19H22N4O3/c1-4-5-6-13-17-16(11-7-8-14(24-2)15(9-11)25-3)12(10-20)18(21)26-19(17)23-22-13/h7-9,16H,4-6,21H2,1-3H3,(H,22,23). The van der Waals surface area contributed by atoms with Crippen LogP contribution in [0.2, 0.25) is 0 Å². The first-order valence-corrected chi connectivity index (χ1v) is 8.51. The van der Waals surface area contributed by atoms with Crippen molar-refractivity contribution in [2.24, 2.45) is 5.73 Å².